The van der Waals surface area contributed by atoms with Gasteiger partial charge in [-0.2, -0.15) is 0 Å². The molecule has 3 aromatic carbocycles. The number of hydrogen-bond donors (Lipinski definition) is 0. The molecule has 0 fully saturated rings. The molecule has 4 rings (SSSR count). The van der Waals surface area contributed by atoms with Crippen molar-refractivity contribution in [2.24, 2.45) is 4.99 Å². The lowest BCUT2D eigenvalue weighted by molar-refractivity contribution is -0.384. The Bertz CT molecular complexity index is 1380. The van der Waals surface area contributed by atoms with E-state index in [-0.39, 0.29) is 32.9 Å². The summed E-state index contributed by atoms with van der Waals surface area (Å²) in [6.07, 6.45) is 1.47. The highest BCUT2D eigenvalue weighted by Crippen LogP contribution is 2.38. The molecule has 0 amide bonds. The summed E-state index contributed by atoms with van der Waals surface area (Å²) in [5.41, 5.74) is 2.55. The third-order valence-corrected chi connectivity index (χ3v) is 5.67. The summed E-state index contributed by atoms with van der Waals surface area (Å²) in [5, 5.41) is 11.4. The summed E-state index contributed by atoms with van der Waals surface area (Å²) in [6.45, 7) is 2.30. The van der Waals surface area contributed by atoms with Crippen molar-refractivity contribution in [2.45, 2.75) is 13.5 Å². The molecule has 0 bridgehead atoms. The molecule has 3 aromatic rings. The van der Waals surface area contributed by atoms with Gasteiger partial charge < -0.3 is 14.2 Å². The molecule has 0 spiro atoms. The monoisotopic (exact) mass is 512 g/mol. The zero-order chi connectivity index (χ0) is 25.1. The lowest BCUT2D eigenvalue weighted by atomic mass is 10.1. The van der Waals surface area contributed by atoms with Gasteiger partial charge in [-0.25, -0.2) is 9.79 Å². The van der Waals surface area contributed by atoms with Gasteiger partial charge in [0.05, 0.1) is 17.1 Å². The number of nitro groups is 1. The highest BCUT2D eigenvalue weighted by molar-refractivity contribution is 6.33. The summed E-state index contributed by atoms with van der Waals surface area (Å²) in [4.78, 5) is 27.1. The SMILES string of the molecule is COc1cc(/C=C2\N=C(c3ccc(Cl)c([N+](=O)[O-])c3)OC2=O)cc(Cl)c1OCc1ccc(C)cc1. The average molecular weight is 513 g/mol. The maximum Gasteiger partial charge on any atom is 0.363 e. The Morgan fingerprint density at radius 2 is 1.83 bits per heavy atom. The van der Waals surface area contributed by atoms with Crippen molar-refractivity contribution in [3.05, 3.63) is 103 Å². The van der Waals surface area contributed by atoms with E-state index >= 15 is 0 Å². The molecule has 0 aromatic heterocycles. The van der Waals surface area contributed by atoms with Crippen LogP contribution in [0.2, 0.25) is 10.0 Å². The first-order valence-electron chi connectivity index (χ1n) is 10.3. The minimum atomic E-state index is -0.715. The van der Waals surface area contributed by atoms with Crippen molar-refractivity contribution in [3.8, 4) is 11.5 Å². The number of carbonyl (C=O) groups excluding carboxylic acids is 1. The van der Waals surface area contributed by atoms with Crippen molar-refractivity contribution in [1.82, 2.24) is 0 Å². The number of rotatable bonds is 7. The van der Waals surface area contributed by atoms with E-state index in [9.17, 15) is 14.9 Å². The molecule has 0 saturated heterocycles. The van der Waals surface area contributed by atoms with Crippen LogP contribution in [0.15, 0.2) is 65.3 Å². The lowest BCUT2D eigenvalue weighted by Gasteiger charge is -2.13. The van der Waals surface area contributed by atoms with Crippen molar-refractivity contribution < 1.29 is 23.9 Å². The Hall–Kier alpha value is -3.88. The lowest BCUT2D eigenvalue weighted by Crippen LogP contribution is -2.06. The van der Waals surface area contributed by atoms with E-state index in [4.69, 9.17) is 37.4 Å². The standard InChI is InChI=1S/C25H18Cl2N2O6/c1-14-3-5-15(6-4-14)13-34-23-19(27)9-16(11-22(23)33-2)10-20-25(30)35-24(28-20)17-7-8-18(26)21(12-17)29(31)32/h3-12H,13H2,1-2H3/b20-10-. The minimum absolute atomic E-state index is 0.0101. The van der Waals surface area contributed by atoms with Gasteiger partial charge >= 0.3 is 5.97 Å². The topological polar surface area (TPSA) is 100 Å². The molecular weight excluding hydrogens is 495 g/mol. The van der Waals surface area contributed by atoms with Crippen LogP contribution in [0, 0.1) is 17.0 Å². The van der Waals surface area contributed by atoms with Crippen LogP contribution in [-0.2, 0) is 16.1 Å². The number of nitrogens with zero attached hydrogens (tertiary/aromatic N) is 2. The summed E-state index contributed by atoms with van der Waals surface area (Å²) in [5.74, 6) is -0.0478. The first kappa shape index (κ1) is 24.3. The van der Waals surface area contributed by atoms with Gasteiger partial charge in [-0.3, -0.25) is 10.1 Å². The molecule has 1 heterocycles. The molecule has 0 unspecified atom stereocenters. The zero-order valence-corrected chi connectivity index (χ0v) is 20.1. The van der Waals surface area contributed by atoms with Crippen LogP contribution in [0.25, 0.3) is 6.08 Å². The fourth-order valence-electron chi connectivity index (χ4n) is 3.28. The second kappa shape index (κ2) is 10.2. The number of cyclic esters (lactones) is 1. The van der Waals surface area contributed by atoms with Crippen molar-refractivity contribution >= 4 is 46.8 Å². The van der Waals surface area contributed by atoms with Gasteiger partial charge in [-0.1, -0.05) is 53.0 Å². The number of hydrogen-bond acceptors (Lipinski definition) is 7. The molecule has 1 aliphatic heterocycles. The average Bonchev–Trinajstić information content (AvgIpc) is 3.19. The largest absolute Gasteiger partial charge is 0.493 e. The van der Waals surface area contributed by atoms with Crippen molar-refractivity contribution in [1.29, 1.82) is 0 Å². The van der Waals surface area contributed by atoms with E-state index in [1.165, 1.54) is 31.4 Å². The fraction of sp³-hybridized carbons (Fsp3) is 0.120. The molecule has 8 nitrogen and oxygen atoms in total. The summed E-state index contributed by atoms with van der Waals surface area (Å²) >= 11 is 12.3. The van der Waals surface area contributed by atoms with Gasteiger partial charge in [0.2, 0.25) is 5.90 Å². The second-order valence-corrected chi connectivity index (χ2v) is 8.38. The summed E-state index contributed by atoms with van der Waals surface area (Å²) < 4.78 is 16.5. The molecule has 0 N–H and O–H groups in total. The fourth-order valence-corrected chi connectivity index (χ4v) is 3.74. The second-order valence-electron chi connectivity index (χ2n) is 7.57. The molecule has 0 atom stereocenters. The number of ether oxygens (including phenoxy) is 3. The minimum Gasteiger partial charge on any atom is -0.493 e. The maximum atomic E-state index is 12.4. The van der Waals surface area contributed by atoms with Gasteiger partial charge in [0.1, 0.15) is 11.6 Å². The van der Waals surface area contributed by atoms with Crippen LogP contribution >= 0.6 is 23.2 Å². The Morgan fingerprint density at radius 1 is 1.09 bits per heavy atom. The van der Waals surface area contributed by atoms with E-state index in [0.717, 1.165) is 11.1 Å². The van der Waals surface area contributed by atoms with Crippen LogP contribution in [0.4, 0.5) is 5.69 Å². The van der Waals surface area contributed by atoms with Gasteiger partial charge in [0.15, 0.2) is 17.2 Å². The van der Waals surface area contributed by atoms with Gasteiger partial charge in [-0.05, 0) is 48.4 Å². The number of nitro benzene ring substituents is 1. The Labute approximate surface area is 210 Å². The highest BCUT2D eigenvalue weighted by Gasteiger charge is 2.26. The quantitative estimate of drug-likeness (QED) is 0.163. The van der Waals surface area contributed by atoms with Crippen LogP contribution in [0.5, 0.6) is 11.5 Å². The van der Waals surface area contributed by atoms with E-state index in [0.29, 0.717) is 23.7 Å². The maximum absolute atomic E-state index is 12.4. The van der Waals surface area contributed by atoms with Gasteiger partial charge in [0, 0.05) is 11.6 Å². The number of esters is 1. The predicted octanol–water partition coefficient (Wildman–Crippen LogP) is 6.14. The third-order valence-electron chi connectivity index (χ3n) is 5.07. The number of aliphatic imine (C=N–C) groups is 1. The van der Waals surface area contributed by atoms with Crippen molar-refractivity contribution in [3.63, 3.8) is 0 Å². The number of halogens is 2. The number of benzene rings is 3. The van der Waals surface area contributed by atoms with E-state index < -0.39 is 10.9 Å². The Kier molecular flexibility index (Phi) is 7.04. The first-order chi connectivity index (χ1) is 16.7. The van der Waals surface area contributed by atoms with E-state index in [1.54, 1.807) is 12.1 Å². The zero-order valence-electron chi connectivity index (χ0n) is 18.6. The molecule has 0 radical (unpaired) electrons. The van der Waals surface area contributed by atoms with Crippen LogP contribution in [0.3, 0.4) is 0 Å². The van der Waals surface area contributed by atoms with Crippen LogP contribution < -0.4 is 9.47 Å². The smallest absolute Gasteiger partial charge is 0.363 e. The van der Waals surface area contributed by atoms with E-state index in [1.807, 2.05) is 31.2 Å². The summed E-state index contributed by atoms with van der Waals surface area (Å²) in [7, 11) is 1.48. The normalized spacial score (nSPS) is 14.0. The molecule has 178 valence electrons. The van der Waals surface area contributed by atoms with Crippen LogP contribution in [0.1, 0.15) is 22.3 Å². The number of aryl methyl sites for hydroxylation is 1. The summed E-state index contributed by atoms with van der Waals surface area (Å²) in [6, 6.07) is 15.2. The van der Waals surface area contributed by atoms with Crippen molar-refractivity contribution in [2.75, 3.05) is 7.11 Å². The Morgan fingerprint density at radius 3 is 2.51 bits per heavy atom. The molecule has 1 aliphatic rings. The highest BCUT2D eigenvalue weighted by atomic mass is 35.5. The first-order valence-corrected chi connectivity index (χ1v) is 11.0. The molecule has 35 heavy (non-hydrogen) atoms. The molecular formula is C25H18Cl2N2O6. The van der Waals surface area contributed by atoms with Gasteiger partial charge in [-0.15, -0.1) is 0 Å². The van der Waals surface area contributed by atoms with E-state index in [2.05, 4.69) is 4.99 Å². The number of methoxy groups -OCH3 is 1. The third kappa shape index (κ3) is 5.45. The Balaban J connectivity index is 1.60. The molecule has 10 heteroatoms. The predicted molar refractivity (Wildman–Crippen MR) is 132 cm³/mol. The molecule has 0 saturated carbocycles. The number of carbonyl (C=O) groups is 1. The molecule has 0 aliphatic carbocycles. The van der Waals surface area contributed by atoms with Gasteiger partial charge in [0.25, 0.3) is 5.69 Å². The van der Waals surface area contributed by atoms with Crippen LogP contribution in [-0.4, -0.2) is 23.9 Å².